The number of phenolic OH excluding ortho intramolecular Hbond substituents is 1. The first-order chi connectivity index (χ1) is 17.5. The van der Waals surface area contributed by atoms with Gasteiger partial charge in [-0.05, 0) is 56.2 Å². The van der Waals surface area contributed by atoms with Crippen molar-refractivity contribution in [3.63, 3.8) is 0 Å². The monoisotopic (exact) mass is 495 g/mol. The Kier molecular flexibility index (Phi) is 13.8. The van der Waals surface area contributed by atoms with Crippen LogP contribution < -0.4 is 9.47 Å². The molecule has 0 radical (unpaired) electrons. The Morgan fingerprint density at radius 2 is 1.42 bits per heavy atom. The molecule has 6 nitrogen and oxygen atoms in total. The van der Waals surface area contributed by atoms with Crippen molar-refractivity contribution in [1.29, 1.82) is 0 Å². The molecule has 6 heteroatoms. The third kappa shape index (κ3) is 11.9. The molecule has 0 saturated carbocycles. The van der Waals surface area contributed by atoms with Crippen molar-refractivity contribution >= 4 is 17.9 Å². The van der Waals surface area contributed by atoms with Crippen molar-refractivity contribution in [3.05, 3.63) is 60.2 Å². The molecule has 0 heterocycles. The number of benzene rings is 2. The molecule has 0 bridgehead atoms. The molecule has 0 fully saturated rings. The van der Waals surface area contributed by atoms with Gasteiger partial charge in [0.25, 0.3) is 0 Å². The maximum Gasteiger partial charge on any atom is 0.333 e. The molecule has 0 amide bonds. The lowest BCUT2D eigenvalue weighted by Gasteiger charge is -2.07. The molecule has 0 aromatic heterocycles. The first kappa shape index (κ1) is 29.0. The third-order valence-corrected chi connectivity index (χ3v) is 5.82. The molecule has 2 aromatic carbocycles. The Bertz CT molecular complexity index is 952. The van der Waals surface area contributed by atoms with Gasteiger partial charge in [-0.3, -0.25) is 4.99 Å². The van der Waals surface area contributed by atoms with E-state index in [0.29, 0.717) is 23.5 Å². The zero-order valence-corrected chi connectivity index (χ0v) is 21.8. The van der Waals surface area contributed by atoms with Gasteiger partial charge >= 0.3 is 5.97 Å². The molecule has 2 aromatic rings. The van der Waals surface area contributed by atoms with E-state index in [0.717, 1.165) is 37.3 Å². The quantitative estimate of drug-likeness (QED) is 0.1000. The van der Waals surface area contributed by atoms with Crippen LogP contribution in [-0.2, 0) is 9.53 Å². The van der Waals surface area contributed by atoms with Crippen LogP contribution in [0.15, 0.2) is 59.6 Å². The van der Waals surface area contributed by atoms with E-state index in [9.17, 15) is 9.90 Å². The SMILES string of the molecule is C=C(C)C(=O)OCCCCCCCCCCCCOc1ccc(N=Cc2ccc(OC)cc2O)cc1. The zero-order valence-electron chi connectivity index (χ0n) is 21.8. The van der Waals surface area contributed by atoms with Crippen LogP contribution in [0, 0.1) is 0 Å². The highest BCUT2D eigenvalue weighted by molar-refractivity contribution is 5.87. The van der Waals surface area contributed by atoms with Gasteiger partial charge in [-0.2, -0.15) is 0 Å². The minimum Gasteiger partial charge on any atom is -0.507 e. The topological polar surface area (TPSA) is 77.4 Å². The molecular formula is C30H41NO5. The second-order valence-electron chi connectivity index (χ2n) is 8.98. The number of nitrogens with zero attached hydrogens (tertiary/aromatic N) is 1. The molecule has 0 unspecified atom stereocenters. The Morgan fingerprint density at radius 3 is 1.97 bits per heavy atom. The lowest BCUT2D eigenvalue weighted by atomic mass is 10.1. The van der Waals surface area contributed by atoms with E-state index < -0.39 is 0 Å². The first-order valence-corrected chi connectivity index (χ1v) is 13.0. The summed E-state index contributed by atoms with van der Waals surface area (Å²) >= 11 is 0. The summed E-state index contributed by atoms with van der Waals surface area (Å²) in [4.78, 5) is 15.7. The smallest absolute Gasteiger partial charge is 0.333 e. The minimum absolute atomic E-state index is 0.133. The third-order valence-electron chi connectivity index (χ3n) is 5.82. The number of aromatic hydroxyl groups is 1. The van der Waals surface area contributed by atoms with Crippen molar-refractivity contribution in [2.75, 3.05) is 20.3 Å². The molecule has 0 saturated heterocycles. The molecule has 0 spiro atoms. The highest BCUT2D eigenvalue weighted by atomic mass is 16.5. The zero-order chi connectivity index (χ0) is 26.0. The van der Waals surface area contributed by atoms with Gasteiger partial charge in [0.1, 0.15) is 17.2 Å². The number of unbranched alkanes of at least 4 members (excludes halogenated alkanes) is 9. The molecule has 36 heavy (non-hydrogen) atoms. The number of carbonyl (C=O) groups excluding carboxylic acids is 1. The summed E-state index contributed by atoms with van der Waals surface area (Å²) in [6, 6.07) is 12.8. The summed E-state index contributed by atoms with van der Waals surface area (Å²) < 4.78 is 16.0. The number of phenols is 1. The van der Waals surface area contributed by atoms with E-state index >= 15 is 0 Å². The fourth-order valence-electron chi connectivity index (χ4n) is 3.63. The fraction of sp³-hybridized carbons (Fsp3) is 0.467. The van der Waals surface area contributed by atoms with E-state index in [2.05, 4.69) is 11.6 Å². The van der Waals surface area contributed by atoms with Crippen LogP contribution in [0.4, 0.5) is 5.69 Å². The maximum atomic E-state index is 11.3. The predicted octanol–water partition coefficient (Wildman–Crippen LogP) is 7.55. The van der Waals surface area contributed by atoms with Crippen LogP contribution >= 0.6 is 0 Å². The van der Waals surface area contributed by atoms with E-state index in [1.807, 2.05) is 24.3 Å². The average molecular weight is 496 g/mol. The van der Waals surface area contributed by atoms with Crippen molar-refractivity contribution in [3.8, 4) is 17.2 Å². The van der Waals surface area contributed by atoms with Crippen molar-refractivity contribution < 1.29 is 24.1 Å². The highest BCUT2D eigenvalue weighted by Crippen LogP contribution is 2.23. The van der Waals surface area contributed by atoms with Gasteiger partial charge in [0.2, 0.25) is 0 Å². The van der Waals surface area contributed by atoms with Crippen LogP contribution in [0.1, 0.15) is 76.7 Å². The first-order valence-electron chi connectivity index (χ1n) is 13.0. The maximum absolute atomic E-state index is 11.3. The number of aliphatic imine (C=N–C) groups is 1. The normalized spacial score (nSPS) is 10.9. The summed E-state index contributed by atoms with van der Waals surface area (Å²) in [6.45, 7) is 6.47. The van der Waals surface area contributed by atoms with Crippen LogP contribution in [-0.4, -0.2) is 37.6 Å². The Hall–Kier alpha value is -3.28. The Balaban J connectivity index is 1.47. The number of hydrogen-bond donors (Lipinski definition) is 1. The number of methoxy groups -OCH3 is 1. The summed E-state index contributed by atoms with van der Waals surface area (Å²) in [5.41, 5.74) is 1.89. The summed E-state index contributed by atoms with van der Waals surface area (Å²) in [5, 5.41) is 10.0. The predicted molar refractivity (Wildman–Crippen MR) is 146 cm³/mol. The van der Waals surface area contributed by atoms with Crippen molar-refractivity contribution in [1.82, 2.24) is 0 Å². The average Bonchev–Trinajstić information content (AvgIpc) is 2.88. The number of esters is 1. The van der Waals surface area contributed by atoms with Crippen LogP contribution in [0.3, 0.4) is 0 Å². The molecule has 0 aliphatic carbocycles. The van der Waals surface area contributed by atoms with Crippen molar-refractivity contribution in [2.45, 2.75) is 71.1 Å². The number of hydrogen-bond acceptors (Lipinski definition) is 6. The molecule has 0 atom stereocenters. The van der Waals surface area contributed by atoms with Crippen molar-refractivity contribution in [2.24, 2.45) is 4.99 Å². The standard InChI is InChI=1S/C30H41NO5/c1-24(2)30(33)36-21-13-11-9-7-5-4-6-8-10-12-20-35-27-18-15-26(16-19-27)31-23-25-14-17-28(34-3)22-29(25)32/h14-19,22-23,32H,1,4-13,20-21H2,2-3H3. The van der Waals surface area contributed by atoms with Crippen LogP contribution in [0.5, 0.6) is 17.2 Å². The van der Waals surface area contributed by atoms with Gasteiger partial charge in [-0.25, -0.2) is 4.79 Å². The number of carbonyl (C=O) groups is 1. The molecule has 1 N–H and O–H groups in total. The summed E-state index contributed by atoms with van der Waals surface area (Å²) in [7, 11) is 1.56. The largest absolute Gasteiger partial charge is 0.507 e. The lowest BCUT2D eigenvalue weighted by Crippen LogP contribution is -2.05. The van der Waals surface area contributed by atoms with E-state index in [4.69, 9.17) is 14.2 Å². The second-order valence-corrected chi connectivity index (χ2v) is 8.98. The van der Waals surface area contributed by atoms with E-state index in [-0.39, 0.29) is 11.7 Å². The summed E-state index contributed by atoms with van der Waals surface area (Å²) in [5.74, 6) is 1.30. The van der Waals surface area contributed by atoms with Crippen LogP contribution in [0.2, 0.25) is 0 Å². The molecule has 196 valence electrons. The summed E-state index contributed by atoms with van der Waals surface area (Å²) in [6.07, 6.45) is 13.4. The van der Waals surface area contributed by atoms with Gasteiger partial charge in [-0.15, -0.1) is 0 Å². The lowest BCUT2D eigenvalue weighted by molar-refractivity contribution is -0.139. The van der Waals surface area contributed by atoms with Gasteiger partial charge in [0.05, 0.1) is 26.0 Å². The van der Waals surface area contributed by atoms with Crippen LogP contribution in [0.25, 0.3) is 0 Å². The highest BCUT2D eigenvalue weighted by Gasteiger charge is 2.02. The van der Waals surface area contributed by atoms with E-state index in [1.54, 1.807) is 38.4 Å². The number of rotatable bonds is 18. The number of ether oxygens (including phenoxy) is 3. The van der Waals surface area contributed by atoms with Gasteiger partial charge < -0.3 is 19.3 Å². The Morgan fingerprint density at radius 1 is 0.861 bits per heavy atom. The van der Waals surface area contributed by atoms with E-state index in [1.165, 1.54) is 44.9 Å². The molecule has 0 aliphatic rings. The molecule has 0 aliphatic heterocycles. The van der Waals surface area contributed by atoms with Gasteiger partial charge in [0.15, 0.2) is 0 Å². The minimum atomic E-state index is -0.285. The molecular weight excluding hydrogens is 454 g/mol. The second kappa shape index (κ2) is 17.2. The van der Waals surface area contributed by atoms with Gasteiger partial charge in [0, 0.05) is 23.4 Å². The van der Waals surface area contributed by atoms with Gasteiger partial charge in [-0.1, -0.05) is 57.9 Å². The molecule has 2 rings (SSSR count). The fourth-order valence-corrected chi connectivity index (χ4v) is 3.63. The Labute approximate surface area is 216 Å².